The highest BCUT2D eigenvalue weighted by Gasteiger charge is 2.68. The summed E-state index contributed by atoms with van der Waals surface area (Å²) >= 11 is 0. The molecule has 31 heavy (non-hydrogen) atoms. The van der Waals surface area contributed by atoms with E-state index in [-0.39, 0.29) is 12.8 Å². The summed E-state index contributed by atoms with van der Waals surface area (Å²) in [6, 6.07) is 9.93. The number of carbonyl (C=O) groups excluding carboxylic acids is 1. The minimum absolute atomic E-state index is 0.162. The predicted molar refractivity (Wildman–Crippen MR) is 106 cm³/mol. The summed E-state index contributed by atoms with van der Waals surface area (Å²) in [5.74, 6) is -0.183. The largest absolute Gasteiger partial charge is 0.406 e. The highest BCUT2D eigenvalue weighted by atomic mass is 19.4. The number of halogens is 6. The van der Waals surface area contributed by atoms with Crippen LogP contribution in [0.4, 0.5) is 37.7 Å². The summed E-state index contributed by atoms with van der Waals surface area (Å²) in [4.78, 5) is 13.3. The topological polar surface area (TPSA) is 32.3 Å². The third-order valence-electron chi connectivity index (χ3n) is 5.65. The van der Waals surface area contributed by atoms with Crippen LogP contribution in [-0.2, 0) is 23.2 Å². The van der Waals surface area contributed by atoms with E-state index in [1.54, 1.807) is 6.07 Å². The Morgan fingerprint density at radius 2 is 1.61 bits per heavy atom. The fraction of sp³-hybridized carbons (Fsp3) is 0.409. The number of fused-ring (bicyclic) bond motifs is 1. The van der Waals surface area contributed by atoms with Crippen LogP contribution >= 0.6 is 0 Å². The van der Waals surface area contributed by atoms with E-state index in [0.29, 0.717) is 24.3 Å². The molecule has 0 aliphatic carbocycles. The molecule has 0 saturated heterocycles. The normalized spacial score (nSPS) is 14.9. The van der Waals surface area contributed by atoms with Gasteiger partial charge in [0.1, 0.15) is 0 Å². The second-order valence-corrected chi connectivity index (χ2v) is 7.87. The smallest absolute Gasteiger partial charge is 0.367 e. The Kier molecular flexibility index (Phi) is 5.99. The van der Waals surface area contributed by atoms with Crippen LogP contribution in [0.15, 0.2) is 42.5 Å². The Morgan fingerprint density at radius 3 is 2.16 bits per heavy atom. The number of hydrogen-bond donors (Lipinski definition) is 1. The zero-order valence-electron chi connectivity index (χ0n) is 17.0. The van der Waals surface area contributed by atoms with Gasteiger partial charge in [-0.05, 0) is 54.7 Å². The van der Waals surface area contributed by atoms with Gasteiger partial charge in [-0.25, -0.2) is 0 Å². The Hall–Kier alpha value is -2.71. The van der Waals surface area contributed by atoms with Crippen LogP contribution in [0.2, 0.25) is 0 Å². The van der Waals surface area contributed by atoms with E-state index in [9.17, 15) is 31.1 Å². The SMILES string of the molecule is CC(=O)Nc1ccc2c(c1)CCCN2Cc1ccc(C(C)(C(F)(F)F)C(F)(F)F)cc1. The van der Waals surface area contributed by atoms with Gasteiger partial charge >= 0.3 is 12.4 Å². The summed E-state index contributed by atoms with van der Waals surface area (Å²) in [6.07, 6.45) is -9.28. The molecule has 0 spiro atoms. The minimum Gasteiger partial charge on any atom is -0.367 e. The van der Waals surface area contributed by atoms with E-state index in [1.165, 1.54) is 19.1 Å². The van der Waals surface area contributed by atoms with Crippen molar-refractivity contribution in [2.24, 2.45) is 0 Å². The van der Waals surface area contributed by atoms with Crippen LogP contribution in [0.25, 0.3) is 0 Å². The Bertz CT molecular complexity index is 936. The fourth-order valence-corrected chi connectivity index (χ4v) is 3.77. The number of nitrogens with one attached hydrogen (secondary N) is 1. The quantitative estimate of drug-likeness (QED) is 0.589. The summed E-state index contributed by atoms with van der Waals surface area (Å²) < 4.78 is 79.7. The Morgan fingerprint density at radius 1 is 1.00 bits per heavy atom. The third kappa shape index (κ3) is 4.50. The van der Waals surface area contributed by atoms with Gasteiger partial charge in [0.05, 0.1) is 0 Å². The van der Waals surface area contributed by atoms with Crippen molar-refractivity contribution >= 4 is 17.3 Å². The zero-order chi connectivity index (χ0) is 23.0. The molecule has 3 nitrogen and oxygen atoms in total. The van der Waals surface area contributed by atoms with E-state index < -0.39 is 23.3 Å². The summed E-state index contributed by atoms with van der Waals surface area (Å²) in [5, 5.41) is 2.72. The second kappa shape index (κ2) is 8.09. The summed E-state index contributed by atoms with van der Waals surface area (Å²) in [5.41, 5.74) is -1.53. The van der Waals surface area contributed by atoms with E-state index in [0.717, 1.165) is 36.2 Å². The molecule has 0 saturated carbocycles. The molecule has 1 aliphatic rings. The van der Waals surface area contributed by atoms with Crippen LogP contribution in [-0.4, -0.2) is 24.8 Å². The molecule has 9 heteroatoms. The number of benzene rings is 2. The van der Waals surface area contributed by atoms with Gasteiger partial charge in [-0.1, -0.05) is 24.3 Å². The maximum Gasteiger partial charge on any atom is 0.406 e. The van der Waals surface area contributed by atoms with Gasteiger partial charge in [0.2, 0.25) is 5.91 Å². The third-order valence-corrected chi connectivity index (χ3v) is 5.65. The maximum atomic E-state index is 13.3. The molecule has 0 unspecified atom stereocenters. The molecule has 0 radical (unpaired) electrons. The first kappa shape index (κ1) is 23.0. The van der Waals surface area contributed by atoms with Crippen molar-refractivity contribution < 1.29 is 31.1 Å². The highest BCUT2D eigenvalue weighted by Crippen LogP contribution is 2.51. The van der Waals surface area contributed by atoms with Crippen LogP contribution in [0, 0.1) is 0 Å². The lowest BCUT2D eigenvalue weighted by molar-refractivity contribution is -0.297. The van der Waals surface area contributed by atoms with Crippen molar-refractivity contribution in [3.05, 3.63) is 59.2 Å². The second-order valence-electron chi connectivity index (χ2n) is 7.87. The number of amides is 1. The van der Waals surface area contributed by atoms with Gasteiger partial charge in [-0.2, -0.15) is 26.3 Å². The van der Waals surface area contributed by atoms with Gasteiger partial charge in [-0.3, -0.25) is 4.79 Å². The van der Waals surface area contributed by atoms with Gasteiger partial charge < -0.3 is 10.2 Å². The van der Waals surface area contributed by atoms with Crippen molar-refractivity contribution in [2.45, 2.75) is 51.0 Å². The molecule has 3 rings (SSSR count). The van der Waals surface area contributed by atoms with Crippen molar-refractivity contribution in [3.8, 4) is 0 Å². The Labute approximate surface area is 176 Å². The molecule has 2 aromatic carbocycles. The molecule has 168 valence electrons. The van der Waals surface area contributed by atoms with Gasteiger partial charge in [0, 0.05) is 31.4 Å². The first-order valence-electron chi connectivity index (χ1n) is 9.71. The number of anilines is 2. The van der Waals surface area contributed by atoms with Gasteiger partial charge in [0.25, 0.3) is 0 Å². The molecule has 0 aromatic heterocycles. The molecule has 0 bridgehead atoms. The van der Waals surface area contributed by atoms with E-state index in [2.05, 4.69) is 5.32 Å². The average molecular weight is 444 g/mol. The van der Waals surface area contributed by atoms with E-state index >= 15 is 0 Å². The van der Waals surface area contributed by atoms with E-state index in [1.807, 2.05) is 17.0 Å². The van der Waals surface area contributed by atoms with Crippen molar-refractivity contribution in [1.82, 2.24) is 0 Å². The van der Waals surface area contributed by atoms with Gasteiger partial charge in [-0.15, -0.1) is 0 Å². The van der Waals surface area contributed by atoms with Crippen LogP contribution in [0.1, 0.15) is 37.0 Å². The fourth-order valence-electron chi connectivity index (χ4n) is 3.77. The van der Waals surface area contributed by atoms with Crippen molar-refractivity contribution in [1.29, 1.82) is 0 Å². The number of carbonyl (C=O) groups is 1. The lowest BCUT2D eigenvalue weighted by Crippen LogP contribution is -2.51. The van der Waals surface area contributed by atoms with Crippen LogP contribution in [0.5, 0.6) is 0 Å². The van der Waals surface area contributed by atoms with Crippen LogP contribution in [0.3, 0.4) is 0 Å². The molecular formula is C22H22F6N2O. The number of alkyl halides is 6. The zero-order valence-corrected chi connectivity index (χ0v) is 17.0. The summed E-state index contributed by atoms with van der Waals surface area (Å²) in [7, 11) is 0. The lowest BCUT2D eigenvalue weighted by Gasteiger charge is -2.35. The molecular weight excluding hydrogens is 422 g/mol. The van der Waals surface area contributed by atoms with Gasteiger partial charge in [0.15, 0.2) is 5.41 Å². The Balaban J connectivity index is 1.84. The molecule has 0 fully saturated rings. The average Bonchev–Trinajstić information content (AvgIpc) is 2.66. The van der Waals surface area contributed by atoms with Crippen molar-refractivity contribution in [3.63, 3.8) is 0 Å². The first-order valence-corrected chi connectivity index (χ1v) is 9.71. The number of nitrogens with zero attached hydrogens (tertiary/aromatic N) is 1. The maximum absolute atomic E-state index is 13.3. The van der Waals surface area contributed by atoms with E-state index in [4.69, 9.17) is 0 Å². The highest BCUT2D eigenvalue weighted by molar-refractivity contribution is 5.89. The molecule has 1 amide bonds. The number of rotatable bonds is 4. The number of aryl methyl sites for hydroxylation is 1. The molecule has 1 N–H and O–H groups in total. The lowest BCUT2D eigenvalue weighted by atomic mass is 9.80. The molecule has 1 heterocycles. The molecule has 0 atom stereocenters. The number of hydrogen-bond acceptors (Lipinski definition) is 2. The van der Waals surface area contributed by atoms with Crippen LogP contribution < -0.4 is 10.2 Å². The standard InChI is InChI=1S/C22H22F6N2O/c1-14(31)29-18-9-10-19-16(12-18)4-3-11-30(19)13-15-5-7-17(8-6-15)20(2,21(23,24)25)22(26,27)28/h5-10,12H,3-4,11,13H2,1-2H3,(H,29,31). The first-order chi connectivity index (χ1) is 14.3. The monoisotopic (exact) mass is 444 g/mol. The molecule has 2 aromatic rings. The summed E-state index contributed by atoms with van der Waals surface area (Å²) in [6.45, 7) is 2.63. The predicted octanol–water partition coefficient (Wildman–Crippen LogP) is 5.98. The van der Waals surface area contributed by atoms with Crippen molar-refractivity contribution in [2.75, 3.05) is 16.8 Å². The minimum atomic E-state index is -5.47. The molecule has 1 aliphatic heterocycles.